The first kappa shape index (κ1) is 21.9. The van der Waals surface area contributed by atoms with Crippen LogP contribution in [-0.4, -0.2) is 39.6 Å². The molecule has 0 radical (unpaired) electrons. The van der Waals surface area contributed by atoms with Crippen LogP contribution >= 0.6 is 24.0 Å². The fourth-order valence-corrected chi connectivity index (χ4v) is 2.92. The maximum absolute atomic E-state index is 4.82. The van der Waals surface area contributed by atoms with Crippen molar-refractivity contribution < 1.29 is 0 Å². The van der Waals surface area contributed by atoms with E-state index in [1.807, 2.05) is 12.1 Å². The third-order valence-corrected chi connectivity index (χ3v) is 4.39. The molecule has 1 aromatic heterocycles. The molecule has 3 aromatic rings. The van der Waals surface area contributed by atoms with Crippen LogP contribution in [0.1, 0.15) is 23.6 Å². The minimum absolute atomic E-state index is 0. The van der Waals surface area contributed by atoms with Gasteiger partial charge in [-0.05, 0) is 36.6 Å². The van der Waals surface area contributed by atoms with E-state index in [0.717, 1.165) is 36.0 Å². The lowest BCUT2D eigenvalue weighted by atomic mass is 10.1. The molecule has 7 heteroatoms. The third kappa shape index (κ3) is 5.79. The Balaban J connectivity index is 0.00000280. The predicted octanol–water partition coefficient (Wildman–Crippen LogP) is 4.00. The van der Waals surface area contributed by atoms with Gasteiger partial charge in [0.05, 0.1) is 6.54 Å². The summed E-state index contributed by atoms with van der Waals surface area (Å²) in [5, 5.41) is 10.2. The van der Waals surface area contributed by atoms with Gasteiger partial charge in [0.25, 0.3) is 0 Å². The van der Waals surface area contributed by atoms with Gasteiger partial charge < -0.3 is 10.2 Å². The fourth-order valence-electron chi connectivity index (χ4n) is 2.92. The number of aromatic nitrogens is 3. The summed E-state index contributed by atoms with van der Waals surface area (Å²) in [4.78, 5) is 11.2. The molecule has 0 spiro atoms. The first-order valence-electron chi connectivity index (χ1n) is 9.16. The molecule has 0 saturated carbocycles. The molecule has 148 valence electrons. The van der Waals surface area contributed by atoms with Crippen molar-refractivity contribution in [1.29, 1.82) is 0 Å². The van der Waals surface area contributed by atoms with Crippen LogP contribution in [0.3, 0.4) is 0 Å². The zero-order chi connectivity index (χ0) is 19.1. The van der Waals surface area contributed by atoms with Gasteiger partial charge in [-0.25, -0.2) is 9.98 Å². The minimum atomic E-state index is 0. The predicted molar refractivity (Wildman–Crippen MR) is 125 cm³/mol. The third-order valence-electron chi connectivity index (χ3n) is 4.39. The maximum atomic E-state index is 4.82. The van der Waals surface area contributed by atoms with E-state index >= 15 is 0 Å². The van der Waals surface area contributed by atoms with Gasteiger partial charge in [0.1, 0.15) is 6.33 Å². The number of rotatable bonds is 6. The minimum Gasteiger partial charge on any atom is -0.357 e. The number of aromatic amines is 1. The number of nitrogens with one attached hydrogen (secondary N) is 2. The molecular formula is C21H27IN6. The highest BCUT2D eigenvalue weighted by atomic mass is 127. The SMILES string of the molecule is CCNC(=NCc1cccc(-c2ncn[nH]2)c1)N(C)Cc1ccccc1C.I. The van der Waals surface area contributed by atoms with E-state index in [-0.39, 0.29) is 24.0 Å². The summed E-state index contributed by atoms with van der Waals surface area (Å²) in [5.41, 5.74) is 4.74. The van der Waals surface area contributed by atoms with Gasteiger partial charge in [-0.2, -0.15) is 5.10 Å². The van der Waals surface area contributed by atoms with E-state index in [1.165, 1.54) is 17.5 Å². The molecule has 2 aromatic carbocycles. The monoisotopic (exact) mass is 490 g/mol. The number of hydrogen-bond donors (Lipinski definition) is 2. The van der Waals surface area contributed by atoms with Crippen molar-refractivity contribution in [2.24, 2.45) is 4.99 Å². The number of H-pyrrole nitrogens is 1. The largest absolute Gasteiger partial charge is 0.357 e. The number of guanidine groups is 1. The number of aryl methyl sites for hydroxylation is 1. The Labute approximate surface area is 183 Å². The molecule has 0 aliphatic rings. The highest BCUT2D eigenvalue weighted by molar-refractivity contribution is 14.0. The molecule has 0 unspecified atom stereocenters. The Morgan fingerprint density at radius 2 is 2.00 bits per heavy atom. The normalized spacial score (nSPS) is 11.0. The van der Waals surface area contributed by atoms with Crippen molar-refractivity contribution in [1.82, 2.24) is 25.4 Å². The van der Waals surface area contributed by atoms with E-state index in [9.17, 15) is 0 Å². The second-order valence-electron chi connectivity index (χ2n) is 6.49. The van der Waals surface area contributed by atoms with Gasteiger partial charge in [0, 0.05) is 25.7 Å². The van der Waals surface area contributed by atoms with Crippen molar-refractivity contribution in [3.8, 4) is 11.4 Å². The van der Waals surface area contributed by atoms with Gasteiger partial charge in [-0.3, -0.25) is 5.10 Å². The van der Waals surface area contributed by atoms with Crippen LogP contribution in [0.5, 0.6) is 0 Å². The van der Waals surface area contributed by atoms with E-state index in [2.05, 4.69) is 82.7 Å². The molecule has 0 amide bonds. The highest BCUT2D eigenvalue weighted by Crippen LogP contribution is 2.16. The quantitative estimate of drug-likeness (QED) is 0.312. The molecular weight excluding hydrogens is 463 g/mol. The number of benzene rings is 2. The average Bonchev–Trinajstić information content (AvgIpc) is 3.22. The van der Waals surface area contributed by atoms with Crippen LogP contribution in [0.4, 0.5) is 0 Å². The van der Waals surface area contributed by atoms with Gasteiger partial charge in [-0.1, -0.05) is 42.5 Å². The Kier molecular flexibility index (Phi) is 8.43. The summed E-state index contributed by atoms with van der Waals surface area (Å²) in [7, 11) is 2.07. The van der Waals surface area contributed by atoms with Gasteiger partial charge in [0.2, 0.25) is 0 Å². The highest BCUT2D eigenvalue weighted by Gasteiger charge is 2.08. The second-order valence-corrected chi connectivity index (χ2v) is 6.49. The van der Waals surface area contributed by atoms with Crippen LogP contribution in [0, 0.1) is 6.92 Å². The molecule has 0 fully saturated rings. The van der Waals surface area contributed by atoms with E-state index < -0.39 is 0 Å². The summed E-state index contributed by atoms with van der Waals surface area (Å²) >= 11 is 0. The molecule has 0 saturated heterocycles. The van der Waals surface area contributed by atoms with E-state index in [4.69, 9.17) is 4.99 Å². The lowest BCUT2D eigenvalue weighted by Crippen LogP contribution is -2.38. The van der Waals surface area contributed by atoms with Crippen molar-refractivity contribution in [3.05, 3.63) is 71.5 Å². The van der Waals surface area contributed by atoms with Crippen LogP contribution in [0.2, 0.25) is 0 Å². The molecule has 6 nitrogen and oxygen atoms in total. The number of hydrogen-bond acceptors (Lipinski definition) is 3. The van der Waals surface area contributed by atoms with Crippen LogP contribution in [0.25, 0.3) is 11.4 Å². The zero-order valence-corrected chi connectivity index (χ0v) is 18.8. The topological polar surface area (TPSA) is 69.2 Å². The van der Waals surface area contributed by atoms with Crippen LogP contribution in [-0.2, 0) is 13.1 Å². The van der Waals surface area contributed by atoms with Crippen molar-refractivity contribution >= 4 is 29.9 Å². The Bertz CT molecular complexity index is 891. The first-order chi connectivity index (χ1) is 13.2. The Morgan fingerprint density at radius 1 is 1.18 bits per heavy atom. The Morgan fingerprint density at radius 3 is 2.71 bits per heavy atom. The lowest BCUT2D eigenvalue weighted by Gasteiger charge is -2.23. The molecule has 0 aliphatic carbocycles. The lowest BCUT2D eigenvalue weighted by molar-refractivity contribution is 0.475. The first-order valence-corrected chi connectivity index (χ1v) is 9.16. The molecule has 0 bridgehead atoms. The molecule has 2 N–H and O–H groups in total. The van der Waals surface area contributed by atoms with Gasteiger partial charge in [0.15, 0.2) is 11.8 Å². The summed E-state index contributed by atoms with van der Waals surface area (Å²) in [5.74, 6) is 1.66. The Hall–Kier alpha value is -2.42. The maximum Gasteiger partial charge on any atom is 0.194 e. The van der Waals surface area contributed by atoms with Crippen molar-refractivity contribution in [2.45, 2.75) is 26.9 Å². The van der Waals surface area contributed by atoms with E-state index in [0.29, 0.717) is 6.54 Å². The average molecular weight is 490 g/mol. The fraction of sp³-hybridized carbons (Fsp3) is 0.286. The zero-order valence-electron chi connectivity index (χ0n) is 16.5. The molecule has 0 aliphatic heterocycles. The van der Waals surface area contributed by atoms with Gasteiger partial charge >= 0.3 is 0 Å². The summed E-state index contributed by atoms with van der Waals surface area (Å²) in [6.45, 7) is 6.47. The smallest absolute Gasteiger partial charge is 0.194 e. The van der Waals surface area contributed by atoms with Crippen molar-refractivity contribution in [2.75, 3.05) is 13.6 Å². The van der Waals surface area contributed by atoms with Crippen LogP contribution in [0.15, 0.2) is 59.9 Å². The van der Waals surface area contributed by atoms with Crippen LogP contribution < -0.4 is 5.32 Å². The summed E-state index contributed by atoms with van der Waals surface area (Å²) < 4.78 is 0. The second kappa shape index (κ2) is 10.8. The summed E-state index contributed by atoms with van der Waals surface area (Å²) in [6, 6.07) is 16.7. The van der Waals surface area contributed by atoms with Crippen molar-refractivity contribution in [3.63, 3.8) is 0 Å². The molecule has 3 rings (SSSR count). The summed E-state index contributed by atoms with van der Waals surface area (Å²) in [6.07, 6.45) is 1.52. The number of aliphatic imine (C=N–C) groups is 1. The number of halogens is 1. The number of nitrogens with zero attached hydrogens (tertiary/aromatic N) is 4. The van der Waals surface area contributed by atoms with Gasteiger partial charge in [-0.15, -0.1) is 24.0 Å². The molecule has 28 heavy (non-hydrogen) atoms. The van der Waals surface area contributed by atoms with E-state index in [1.54, 1.807) is 0 Å². The standard InChI is InChI=1S/C21H26N6.HI/c1-4-22-21(27(3)14-19-10-6-5-8-16(19)2)23-13-17-9-7-11-18(12-17)20-24-15-25-26-20;/h5-12,15H,4,13-14H2,1-3H3,(H,22,23)(H,24,25,26);1H. The molecule has 0 atom stereocenters. The molecule has 1 heterocycles.